The van der Waals surface area contributed by atoms with Crippen molar-refractivity contribution in [3.63, 3.8) is 0 Å². The fraction of sp³-hybridized carbons (Fsp3) is 0.622. The van der Waals surface area contributed by atoms with Gasteiger partial charge in [0.05, 0.1) is 58.2 Å². The van der Waals surface area contributed by atoms with E-state index >= 15 is 0 Å². The predicted molar refractivity (Wildman–Crippen MR) is 343 cm³/mol. The van der Waals surface area contributed by atoms with E-state index in [0.717, 1.165) is 40.3 Å². The zero-order valence-electron chi connectivity index (χ0n) is 50.2. The fourth-order valence-electron chi connectivity index (χ4n) is 10.3. The van der Waals surface area contributed by atoms with Gasteiger partial charge >= 0.3 is 50.7 Å². The number of aromatic amines is 4. The Balaban J connectivity index is 0.952. The lowest BCUT2D eigenvalue weighted by Crippen LogP contribution is -2.41. The van der Waals surface area contributed by atoms with Crippen molar-refractivity contribution in [1.82, 2.24) is 48.2 Å². The number of nitrogen functional groups attached to an aromatic ring is 1. The van der Waals surface area contributed by atoms with Crippen molar-refractivity contribution in [2.24, 2.45) is 0 Å². The van der Waals surface area contributed by atoms with Gasteiger partial charge in [0.2, 0.25) is 5.95 Å². The first-order valence-electron chi connectivity index (χ1n) is 27.7. The molecule has 11 N–H and O–H groups in total. The number of aliphatic hydroxyl groups excluding tert-OH is 1. The maximum Gasteiger partial charge on any atom is 0.386 e. The van der Waals surface area contributed by atoms with Crippen molar-refractivity contribution >= 4 is 110 Å². The van der Waals surface area contributed by atoms with E-state index in [2.05, 4.69) is 42.2 Å². The molecule has 9 rings (SSSR count). The third-order valence-electron chi connectivity index (χ3n) is 14.8. The van der Waals surface area contributed by atoms with Gasteiger partial charge in [0.1, 0.15) is 61.3 Å². The van der Waals surface area contributed by atoms with Crippen LogP contribution in [0, 0.1) is 20.8 Å². The molecule has 50 heteroatoms. The lowest BCUT2D eigenvalue weighted by Gasteiger charge is -2.29. The number of H-pyrrole nitrogens is 4. The maximum absolute atomic E-state index is 14.6. The molecule has 4 fully saturated rings. The van der Waals surface area contributed by atoms with Crippen LogP contribution in [0.25, 0.3) is 11.2 Å². The van der Waals surface area contributed by atoms with Crippen molar-refractivity contribution in [3.8, 4) is 0 Å². The molecule has 0 radical (unpaired) electrons. The second-order valence-electron chi connectivity index (χ2n) is 21.2. The first-order chi connectivity index (χ1) is 44.5. The molecule has 528 valence electrons. The number of ether oxygens (including phenoxy) is 6. The van der Waals surface area contributed by atoms with E-state index in [-0.39, 0.29) is 46.6 Å². The summed E-state index contributed by atoms with van der Waals surface area (Å²) >= 11 is 25.4. The van der Waals surface area contributed by atoms with Crippen LogP contribution >= 0.6 is 45.9 Å². The van der Waals surface area contributed by atoms with Gasteiger partial charge in [-0.15, -0.1) is 0 Å². The Kier molecular flexibility index (Phi) is 24.5. The summed E-state index contributed by atoms with van der Waals surface area (Å²) < 4.78 is 112. The van der Waals surface area contributed by atoms with Gasteiger partial charge in [-0.2, -0.15) is 4.98 Å². The molecule has 15 unspecified atom stereocenters. The summed E-state index contributed by atoms with van der Waals surface area (Å²) in [6.45, 7) is -22.0. The number of anilines is 1. The molecule has 0 bridgehead atoms. The lowest BCUT2D eigenvalue weighted by molar-refractivity contribution is -0.0637. The topological polar surface area (TPSA) is 520 Å². The Morgan fingerprint density at radius 2 is 0.989 bits per heavy atom. The van der Waals surface area contributed by atoms with Gasteiger partial charge in [-0.1, -0.05) is 12.2 Å². The molecular weight excluding hydrogens is 1470 g/mol. The van der Waals surface area contributed by atoms with Crippen molar-refractivity contribution in [1.29, 1.82) is 0 Å². The minimum Gasteiger partial charge on any atom is -0.394 e. The number of methoxy groups -OCH3 is 2. The molecule has 0 saturated carbocycles. The Morgan fingerprint density at radius 1 is 0.568 bits per heavy atom. The van der Waals surface area contributed by atoms with Crippen LogP contribution in [0.3, 0.4) is 0 Å². The molecule has 9 heterocycles. The fourth-order valence-corrected chi connectivity index (χ4v) is 16.8. The average Bonchev–Trinajstić information content (AvgIpc) is 1.65. The number of imidazole rings is 1. The van der Waals surface area contributed by atoms with Crippen LogP contribution in [0.4, 0.5) is 5.95 Å². The van der Waals surface area contributed by atoms with E-state index in [4.69, 9.17) is 127 Å². The Hall–Kier alpha value is -3.47. The van der Waals surface area contributed by atoms with Crippen LogP contribution in [-0.4, -0.2) is 195 Å². The lowest BCUT2D eigenvalue weighted by atomic mass is 10.1. The highest BCUT2D eigenvalue weighted by Crippen LogP contribution is 2.59. The molecule has 5 aromatic heterocycles. The highest BCUT2D eigenvalue weighted by atomic mass is 32.7. The highest BCUT2D eigenvalue weighted by molar-refractivity contribution is 8.44. The number of thiol groups is 1. The highest BCUT2D eigenvalue weighted by Gasteiger charge is 2.54. The van der Waals surface area contributed by atoms with E-state index in [1.807, 2.05) is 0 Å². The minimum absolute atomic E-state index is 0.00751. The summed E-state index contributed by atoms with van der Waals surface area (Å²) in [7, 11) is 3.45. The van der Waals surface area contributed by atoms with Crippen LogP contribution in [0.1, 0.15) is 54.4 Å². The van der Waals surface area contributed by atoms with E-state index in [0.29, 0.717) is 0 Å². The van der Waals surface area contributed by atoms with Crippen LogP contribution in [0.2, 0.25) is 0 Å². The smallest absolute Gasteiger partial charge is 0.386 e. The summed E-state index contributed by atoms with van der Waals surface area (Å²) in [5.74, 6) is -0.242. The van der Waals surface area contributed by atoms with E-state index in [9.17, 15) is 62.8 Å². The van der Waals surface area contributed by atoms with Gasteiger partial charge in [0, 0.05) is 69.5 Å². The molecule has 19 atom stereocenters. The molecule has 5 aromatic rings. The summed E-state index contributed by atoms with van der Waals surface area (Å²) in [4.78, 5) is 152. The van der Waals surface area contributed by atoms with Gasteiger partial charge in [-0.25, -0.2) is 23.9 Å². The number of nitrogens with zero attached hydrogens (tertiary/aromatic N) is 6. The summed E-state index contributed by atoms with van der Waals surface area (Å²) in [6.07, 6.45) is -15.8. The molecular formula is C45H64N11O29P5S5. The maximum atomic E-state index is 14.6. The normalized spacial score (nSPS) is 29.5. The number of hydrogen-bond acceptors (Lipinski definition) is 32. The third kappa shape index (κ3) is 18.2. The number of aryl methyl sites for hydroxylation is 3. The van der Waals surface area contributed by atoms with E-state index < -0.39 is 199 Å². The average molecular weight is 1540 g/mol. The first-order valence-corrected chi connectivity index (χ1v) is 40.7. The second-order valence-corrected chi connectivity index (χ2v) is 35.4. The zero-order chi connectivity index (χ0) is 69.4. The summed E-state index contributed by atoms with van der Waals surface area (Å²) in [5, 5.41) is 9.39. The molecule has 4 aliphatic rings. The van der Waals surface area contributed by atoms with Crippen LogP contribution in [0.15, 0.2) is 58.5 Å². The van der Waals surface area contributed by atoms with Gasteiger partial charge in [-0.3, -0.25) is 71.0 Å². The number of hydrogen-bond donors (Lipinski definition) is 11. The standard InChI is InChI=1S/C45H64N11O29P5S5/c1-19-11-53(43(62)50-36(19)58)28-9-22(25(78-28)15-75-88(67,93)83-23-10-29(79-24(23)14-74-86(65,91)72-6)56-18-47-30-35(56)48-42(46)49-39(30)61)82-89(68,94)76-16-26-32(34(71-5)41(80-26)55-13-21(3)38(60)52-45(55)64)85-90(69,95)77-17-27-31(84-87(66,92)73-8-7-57)33(70-4)40(81-27)54-12-20(2)37(59)51-44(54)63/h11-13,18,22-29,31-34,40-41,57H,7-10,14-17H2,1-6H3,(H,65,91)(H,66,92)(H,67,93)(H,68,94)(H,69,95)(H,50,58,62)(H,51,59,63)(H,52,60,64)(H3,46,48,49,61)/t22-,23-,24?,25?,26?,27?,28-,29-,31?,32?,33?,34?,40?,41?,86?,87?,88?,89?,90?/m1/s1. The zero-order valence-corrected chi connectivity index (χ0v) is 58.8. The number of nitrogens with one attached hydrogen (secondary N) is 4. The van der Waals surface area contributed by atoms with E-state index in [1.54, 1.807) is 0 Å². The predicted octanol–water partition coefficient (Wildman–Crippen LogP) is -1.15. The Labute approximate surface area is 559 Å². The monoisotopic (exact) mass is 1540 g/mol. The Morgan fingerprint density at radius 3 is 1.46 bits per heavy atom. The summed E-state index contributed by atoms with van der Waals surface area (Å²) in [6, 6.07) is 0. The molecule has 0 amide bonds. The first kappa shape index (κ1) is 75.7. The van der Waals surface area contributed by atoms with Gasteiger partial charge in [0.15, 0.2) is 23.6 Å². The molecule has 0 spiro atoms. The van der Waals surface area contributed by atoms with Gasteiger partial charge in [-0.05, 0) is 68.0 Å². The number of aromatic nitrogens is 10. The largest absolute Gasteiger partial charge is 0.394 e. The van der Waals surface area contributed by atoms with E-state index in [1.165, 1.54) is 45.0 Å². The number of rotatable bonds is 30. The molecule has 4 aliphatic heterocycles. The second kappa shape index (κ2) is 30.8. The summed E-state index contributed by atoms with van der Waals surface area (Å²) in [5.41, 5.74) is 0.121. The van der Waals surface area contributed by atoms with Crippen LogP contribution in [0.5, 0.6) is 0 Å². The molecule has 0 aliphatic carbocycles. The molecule has 95 heavy (non-hydrogen) atoms. The SMILES string of the molecule is COC1C(OP(=O)(S)OCC2OC(n3cc(C)c(=O)[nH]c3=O)C(OC)C2OP(O)(=S)OCCO)C(COP(O)(=S)O[C@@H]2C[C@H](n3cc(C)c(=O)[nH]c3=O)OC2COP(O)(=S)O[C@@H]2C[C@H](n3cnc4c(=O)[nH]c(N)nc43)OC2COP(O)(=S)OC)OC1n1cc(C)c(=O)[nH]c1=O. The van der Waals surface area contributed by atoms with Crippen molar-refractivity contribution in [2.75, 3.05) is 66.7 Å². The molecule has 40 nitrogen and oxygen atoms in total. The number of aliphatic hydroxyl groups is 1. The quantitative estimate of drug-likeness (QED) is 0.0191. The molecule has 0 aromatic carbocycles. The van der Waals surface area contributed by atoms with Crippen LogP contribution < -0.4 is 45.0 Å². The minimum atomic E-state index is -4.87. The number of fused-ring (bicyclic) bond motifs is 1. The van der Waals surface area contributed by atoms with Crippen molar-refractivity contribution in [2.45, 2.75) is 120 Å². The van der Waals surface area contributed by atoms with Gasteiger partial charge < -0.3 is 90.5 Å². The van der Waals surface area contributed by atoms with Gasteiger partial charge in [0.25, 0.3) is 22.2 Å². The molecule has 4 saturated heterocycles. The van der Waals surface area contributed by atoms with Crippen LogP contribution in [-0.2, 0) is 125 Å². The van der Waals surface area contributed by atoms with Crippen molar-refractivity contribution < 1.29 is 103 Å². The number of nitrogens with two attached hydrogens (primary N) is 1. The van der Waals surface area contributed by atoms with Crippen molar-refractivity contribution in [3.05, 3.63) is 114 Å². The Bertz CT molecular complexity index is 4340. The third-order valence-corrected chi connectivity index (χ3v) is 22.8.